The van der Waals surface area contributed by atoms with Gasteiger partial charge in [0.1, 0.15) is 11.9 Å². The van der Waals surface area contributed by atoms with E-state index in [0.717, 1.165) is 61.3 Å². The van der Waals surface area contributed by atoms with E-state index in [0.29, 0.717) is 19.7 Å². The molecule has 2 aliphatic heterocycles. The average molecular weight is 496 g/mol. The smallest absolute Gasteiger partial charge is 0.325 e. The minimum atomic E-state index is -0.827. The minimum Gasteiger partial charge on any atom is -0.480 e. The van der Waals surface area contributed by atoms with E-state index in [9.17, 15) is 9.90 Å². The fraction of sp³-hybridized carbons (Fsp3) is 0.586. The van der Waals surface area contributed by atoms with E-state index in [1.165, 1.54) is 12.0 Å². The summed E-state index contributed by atoms with van der Waals surface area (Å²) in [5, 5.41) is 13.6. The predicted molar refractivity (Wildman–Crippen MR) is 141 cm³/mol. The van der Waals surface area contributed by atoms with Crippen molar-refractivity contribution in [2.45, 2.75) is 83.6 Å². The van der Waals surface area contributed by atoms with E-state index in [1.807, 2.05) is 49.9 Å². The molecule has 2 aromatic rings. The van der Waals surface area contributed by atoms with Crippen LogP contribution in [-0.2, 0) is 27.1 Å². The standard InChI is InChI=1S/C29H41N3O4/c1-20(2)36-21(3)25-11-4-5-12-26(25)27(29(33)34)32-17-15-24(19-32)35-18-7-6-10-23-14-13-22-9-8-16-30-28(22)31-23/h4-5,11-14,20-21,24,27H,6-10,15-19H2,1-3H3,(H,30,31)(H,33,34)/t21-,24?,27?/m0/s1. The van der Waals surface area contributed by atoms with Gasteiger partial charge in [0, 0.05) is 31.9 Å². The lowest BCUT2D eigenvalue weighted by Crippen LogP contribution is -2.34. The van der Waals surface area contributed by atoms with Crippen LogP contribution in [0.2, 0.25) is 0 Å². The summed E-state index contributed by atoms with van der Waals surface area (Å²) < 4.78 is 12.1. The number of anilines is 1. The lowest BCUT2D eigenvalue weighted by Gasteiger charge is -2.28. The van der Waals surface area contributed by atoms with Gasteiger partial charge in [0.15, 0.2) is 0 Å². The molecule has 1 aromatic carbocycles. The van der Waals surface area contributed by atoms with Crippen LogP contribution in [0, 0.1) is 0 Å². The Hall–Kier alpha value is -2.48. The Bertz CT molecular complexity index is 1010. The molecule has 1 aromatic heterocycles. The largest absolute Gasteiger partial charge is 0.480 e. The van der Waals surface area contributed by atoms with Crippen LogP contribution >= 0.6 is 0 Å². The van der Waals surface area contributed by atoms with E-state index in [4.69, 9.17) is 14.5 Å². The second-order valence-corrected chi connectivity index (χ2v) is 10.3. The number of pyridine rings is 1. The second-order valence-electron chi connectivity index (χ2n) is 10.3. The molecule has 0 spiro atoms. The van der Waals surface area contributed by atoms with Gasteiger partial charge in [-0.2, -0.15) is 0 Å². The van der Waals surface area contributed by atoms with Gasteiger partial charge in [-0.1, -0.05) is 30.3 Å². The van der Waals surface area contributed by atoms with Crippen LogP contribution in [0.25, 0.3) is 0 Å². The van der Waals surface area contributed by atoms with Crippen LogP contribution in [0.4, 0.5) is 5.82 Å². The first-order chi connectivity index (χ1) is 17.4. The number of ether oxygens (including phenoxy) is 2. The van der Waals surface area contributed by atoms with E-state index in [-0.39, 0.29) is 18.3 Å². The van der Waals surface area contributed by atoms with Crippen LogP contribution in [0.3, 0.4) is 0 Å². The maximum absolute atomic E-state index is 12.4. The molecule has 2 aliphatic rings. The van der Waals surface area contributed by atoms with E-state index in [2.05, 4.69) is 17.4 Å². The highest BCUT2D eigenvalue weighted by atomic mass is 16.5. The molecule has 0 bridgehead atoms. The molecular formula is C29H41N3O4. The van der Waals surface area contributed by atoms with Crippen molar-refractivity contribution < 1.29 is 19.4 Å². The number of likely N-dealkylation sites (tertiary alicyclic amines) is 1. The molecule has 4 rings (SSSR count). The zero-order chi connectivity index (χ0) is 25.5. The number of hydrogen-bond acceptors (Lipinski definition) is 6. The second kappa shape index (κ2) is 12.7. The number of fused-ring (bicyclic) bond motifs is 1. The maximum Gasteiger partial charge on any atom is 0.325 e. The Kier molecular flexibility index (Phi) is 9.35. The van der Waals surface area contributed by atoms with E-state index in [1.54, 1.807) is 0 Å². The number of carboxylic acids is 1. The van der Waals surface area contributed by atoms with Gasteiger partial charge < -0.3 is 19.9 Å². The van der Waals surface area contributed by atoms with Crippen LogP contribution in [-0.4, -0.2) is 59.4 Å². The Balaban J connectivity index is 1.26. The molecule has 1 saturated heterocycles. The summed E-state index contributed by atoms with van der Waals surface area (Å²) in [6.07, 6.45) is 6.05. The first kappa shape index (κ1) is 26.6. The normalized spacial score (nSPS) is 19.6. The highest BCUT2D eigenvalue weighted by Crippen LogP contribution is 2.33. The first-order valence-corrected chi connectivity index (χ1v) is 13.5. The van der Waals surface area contributed by atoms with Crippen LogP contribution in [0.15, 0.2) is 36.4 Å². The fourth-order valence-electron chi connectivity index (χ4n) is 5.39. The number of rotatable bonds is 12. The van der Waals surface area contributed by atoms with E-state index < -0.39 is 12.0 Å². The number of hydrogen-bond donors (Lipinski definition) is 2. The summed E-state index contributed by atoms with van der Waals surface area (Å²) in [5.74, 6) is 0.229. The molecule has 2 unspecified atom stereocenters. The third kappa shape index (κ3) is 6.84. The third-order valence-corrected chi connectivity index (χ3v) is 7.11. The molecule has 0 amide bonds. The number of unbranched alkanes of at least 4 members (excludes halogenated alkanes) is 1. The summed E-state index contributed by atoms with van der Waals surface area (Å²) >= 11 is 0. The summed E-state index contributed by atoms with van der Waals surface area (Å²) in [6.45, 7) is 9.02. The summed E-state index contributed by atoms with van der Waals surface area (Å²) in [6, 6.07) is 11.4. The van der Waals surface area contributed by atoms with Gasteiger partial charge >= 0.3 is 5.97 Å². The Morgan fingerprint density at radius 3 is 2.75 bits per heavy atom. The monoisotopic (exact) mass is 495 g/mol. The quantitative estimate of drug-likeness (QED) is 0.393. The zero-order valence-corrected chi connectivity index (χ0v) is 21.9. The lowest BCUT2D eigenvalue weighted by molar-refractivity contribution is -0.143. The SMILES string of the molecule is CC(C)O[C@@H](C)c1ccccc1C(C(=O)O)N1CCC(OCCCCc2ccc3c(n2)NCCC3)C1. The molecule has 7 nitrogen and oxygen atoms in total. The fourth-order valence-corrected chi connectivity index (χ4v) is 5.39. The molecule has 0 radical (unpaired) electrons. The van der Waals surface area contributed by atoms with Gasteiger partial charge in [-0.25, -0.2) is 4.98 Å². The Labute approximate surface area is 215 Å². The van der Waals surface area contributed by atoms with Gasteiger partial charge in [-0.05, 0) is 82.1 Å². The van der Waals surface area contributed by atoms with Crippen LogP contribution < -0.4 is 5.32 Å². The van der Waals surface area contributed by atoms with Crippen molar-refractivity contribution in [3.05, 3.63) is 58.8 Å². The molecule has 7 heteroatoms. The molecule has 3 heterocycles. The van der Waals surface area contributed by atoms with Gasteiger partial charge in [-0.3, -0.25) is 9.69 Å². The van der Waals surface area contributed by atoms with E-state index >= 15 is 0 Å². The molecule has 0 aliphatic carbocycles. The Morgan fingerprint density at radius 2 is 1.97 bits per heavy atom. The van der Waals surface area contributed by atoms with Crippen molar-refractivity contribution in [1.82, 2.24) is 9.88 Å². The number of benzene rings is 1. The van der Waals surface area contributed by atoms with Crippen LogP contribution in [0.5, 0.6) is 0 Å². The number of carboxylic acid groups (broad SMARTS) is 1. The molecular weight excluding hydrogens is 454 g/mol. The third-order valence-electron chi connectivity index (χ3n) is 7.11. The van der Waals surface area contributed by atoms with Gasteiger partial charge in [0.25, 0.3) is 0 Å². The van der Waals surface area contributed by atoms with Crippen molar-refractivity contribution in [3.8, 4) is 0 Å². The topological polar surface area (TPSA) is 83.9 Å². The maximum atomic E-state index is 12.4. The number of nitrogens with one attached hydrogen (secondary N) is 1. The number of aryl methyl sites for hydroxylation is 2. The number of aromatic nitrogens is 1. The average Bonchev–Trinajstić information content (AvgIpc) is 3.31. The Morgan fingerprint density at radius 1 is 1.17 bits per heavy atom. The molecule has 2 N–H and O–H groups in total. The summed E-state index contributed by atoms with van der Waals surface area (Å²) in [7, 11) is 0. The van der Waals surface area contributed by atoms with Crippen LogP contribution in [0.1, 0.15) is 81.0 Å². The number of nitrogens with zero attached hydrogens (tertiary/aromatic N) is 2. The molecule has 0 saturated carbocycles. The molecule has 3 atom stereocenters. The first-order valence-electron chi connectivity index (χ1n) is 13.5. The van der Waals surface area contributed by atoms with Crippen molar-refractivity contribution >= 4 is 11.8 Å². The van der Waals surface area contributed by atoms with Crippen molar-refractivity contribution in [3.63, 3.8) is 0 Å². The lowest BCUT2D eigenvalue weighted by atomic mass is 9.96. The van der Waals surface area contributed by atoms with Gasteiger partial charge in [0.05, 0.1) is 18.3 Å². The number of carbonyl (C=O) groups is 1. The highest BCUT2D eigenvalue weighted by Gasteiger charge is 2.35. The summed E-state index contributed by atoms with van der Waals surface area (Å²) in [4.78, 5) is 19.2. The molecule has 196 valence electrons. The zero-order valence-electron chi connectivity index (χ0n) is 21.9. The summed E-state index contributed by atoms with van der Waals surface area (Å²) in [5.41, 5.74) is 4.21. The minimum absolute atomic E-state index is 0.0643. The highest BCUT2D eigenvalue weighted by molar-refractivity contribution is 5.76. The van der Waals surface area contributed by atoms with Crippen molar-refractivity contribution in [1.29, 1.82) is 0 Å². The molecule has 1 fully saturated rings. The van der Waals surface area contributed by atoms with Crippen molar-refractivity contribution in [2.24, 2.45) is 0 Å². The molecule has 36 heavy (non-hydrogen) atoms. The number of aliphatic carboxylic acids is 1. The van der Waals surface area contributed by atoms with Crippen molar-refractivity contribution in [2.75, 3.05) is 31.6 Å². The van der Waals surface area contributed by atoms with Gasteiger partial charge in [0.2, 0.25) is 0 Å². The predicted octanol–water partition coefficient (Wildman–Crippen LogP) is 5.17. The van der Waals surface area contributed by atoms with Gasteiger partial charge in [-0.15, -0.1) is 0 Å².